The normalized spacial score (nSPS) is 12.9. The highest BCUT2D eigenvalue weighted by Crippen LogP contribution is 2.36. The Balaban J connectivity index is 3.25. The summed E-state index contributed by atoms with van der Waals surface area (Å²) in [5, 5.41) is 28.4. The molecular weight excluding hydrogens is 204 g/mol. The molecule has 1 aromatic carbocycles. The van der Waals surface area contributed by atoms with Gasteiger partial charge in [0.1, 0.15) is 0 Å². The molecule has 0 fully saturated rings. The van der Waals surface area contributed by atoms with Gasteiger partial charge in [0, 0.05) is 23.1 Å². The highest BCUT2D eigenvalue weighted by molar-refractivity contribution is 6.31. The molecule has 0 heterocycles. The Morgan fingerprint density at radius 2 is 2.00 bits per heavy atom. The molecule has 1 unspecified atom stereocenters. The van der Waals surface area contributed by atoms with E-state index in [2.05, 4.69) is 0 Å². The van der Waals surface area contributed by atoms with Crippen LogP contribution in [0.5, 0.6) is 11.5 Å². The molecule has 0 aliphatic heterocycles. The van der Waals surface area contributed by atoms with E-state index < -0.39 is 6.10 Å². The molecule has 0 aromatic heterocycles. The van der Waals surface area contributed by atoms with Gasteiger partial charge in [-0.25, -0.2) is 0 Å². The number of rotatable bonds is 2. The van der Waals surface area contributed by atoms with Gasteiger partial charge in [-0.3, -0.25) is 0 Å². The van der Waals surface area contributed by atoms with Crippen molar-refractivity contribution >= 4 is 11.6 Å². The largest absolute Gasteiger partial charge is 0.504 e. The Morgan fingerprint density at radius 1 is 1.43 bits per heavy atom. The van der Waals surface area contributed by atoms with Crippen molar-refractivity contribution in [2.75, 3.05) is 0 Å². The van der Waals surface area contributed by atoms with Crippen LogP contribution in [0.3, 0.4) is 0 Å². The van der Waals surface area contributed by atoms with Crippen LogP contribution in [0.4, 0.5) is 0 Å². The number of benzene rings is 1. The summed E-state index contributed by atoms with van der Waals surface area (Å²) in [5.41, 5.74) is 1.17. The molecule has 4 heteroatoms. The van der Waals surface area contributed by atoms with E-state index in [9.17, 15) is 15.3 Å². The number of hydrogen-bond acceptors (Lipinski definition) is 3. The first kappa shape index (κ1) is 11.1. The second kappa shape index (κ2) is 4.07. The van der Waals surface area contributed by atoms with E-state index in [0.717, 1.165) is 0 Å². The quantitative estimate of drug-likeness (QED) is 0.663. The third kappa shape index (κ3) is 2.11. The number of halogens is 1. The van der Waals surface area contributed by atoms with Gasteiger partial charge in [-0.2, -0.15) is 0 Å². The predicted molar refractivity (Wildman–Crippen MR) is 54.9 cm³/mol. The molecule has 0 radical (unpaired) electrons. The van der Waals surface area contributed by atoms with E-state index in [4.69, 9.17) is 11.6 Å². The smallest absolute Gasteiger partial charge is 0.161 e. The van der Waals surface area contributed by atoms with Crippen LogP contribution in [0.1, 0.15) is 18.1 Å². The fraction of sp³-hybridized carbons (Fsp3) is 0.400. The molecule has 1 aromatic rings. The molecule has 0 saturated heterocycles. The van der Waals surface area contributed by atoms with Gasteiger partial charge in [-0.05, 0) is 19.4 Å². The maximum absolute atomic E-state index is 9.53. The minimum Gasteiger partial charge on any atom is -0.504 e. The number of aliphatic hydroxyl groups excluding tert-OH is 1. The van der Waals surface area contributed by atoms with E-state index in [1.165, 1.54) is 6.07 Å². The van der Waals surface area contributed by atoms with Crippen LogP contribution >= 0.6 is 11.6 Å². The Hall–Kier alpha value is -0.930. The molecule has 14 heavy (non-hydrogen) atoms. The topological polar surface area (TPSA) is 60.7 Å². The van der Waals surface area contributed by atoms with Crippen LogP contribution in [-0.2, 0) is 6.42 Å². The molecule has 0 aliphatic rings. The zero-order valence-electron chi connectivity index (χ0n) is 8.08. The fourth-order valence-corrected chi connectivity index (χ4v) is 1.54. The van der Waals surface area contributed by atoms with Crippen LogP contribution in [-0.4, -0.2) is 21.4 Å². The average molecular weight is 217 g/mol. The van der Waals surface area contributed by atoms with E-state index >= 15 is 0 Å². The number of phenols is 2. The summed E-state index contributed by atoms with van der Waals surface area (Å²) in [6, 6.07) is 1.29. The number of aliphatic hydroxyl groups is 1. The molecule has 1 rings (SSSR count). The molecule has 3 nitrogen and oxygen atoms in total. The molecule has 0 aliphatic carbocycles. The van der Waals surface area contributed by atoms with Gasteiger partial charge in [0.2, 0.25) is 0 Å². The first-order valence-electron chi connectivity index (χ1n) is 4.31. The lowest BCUT2D eigenvalue weighted by atomic mass is 10.0. The number of phenolic OH excluding ortho intramolecular Hbond substituents is 2. The molecule has 0 spiro atoms. The lowest BCUT2D eigenvalue weighted by molar-refractivity contribution is 0.194. The Morgan fingerprint density at radius 3 is 2.50 bits per heavy atom. The lowest BCUT2D eigenvalue weighted by Gasteiger charge is -2.12. The predicted octanol–water partition coefficient (Wildman–Crippen LogP) is 1.98. The maximum Gasteiger partial charge on any atom is 0.161 e. The van der Waals surface area contributed by atoms with Crippen molar-refractivity contribution in [3.63, 3.8) is 0 Å². The van der Waals surface area contributed by atoms with Crippen molar-refractivity contribution in [1.82, 2.24) is 0 Å². The van der Waals surface area contributed by atoms with E-state index in [1.807, 2.05) is 0 Å². The molecule has 0 bridgehead atoms. The van der Waals surface area contributed by atoms with Crippen LogP contribution in [0.2, 0.25) is 5.02 Å². The van der Waals surface area contributed by atoms with Crippen LogP contribution in [0, 0.1) is 6.92 Å². The zero-order valence-corrected chi connectivity index (χ0v) is 8.84. The van der Waals surface area contributed by atoms with Gasteiger partial charge >= 0.3 is 0 Å². The highest BCUT2D eigenvalue weighted by Gasteiger charge is 2.14. The molecular formula is C10H13ClO3. The molecule has 0 saturated carbocycles. The van der Waals surface area contributed by atoms with Crippen molar-refractivity contribution in [3.05, 3.63) is 22.2 Å². The summed E-state index contributed by atoms with van der Waals surface area (Å²) in [6.45, 7) is 3.34. The Labute approximate surface area is 87.6 Å². The van der Waals surface area contributed by atoms with Gasteiger partial charge in [0.25, 0.3) is 0 Å². The monoisotopic (exact) mass is 216 g/mol. The molecule has 1 atom stereocenters. The number of hydrogen-bond donors (Lipinski definition) is 3. The SMILES string of the molecule is Cc1c(Cl)cc(O)c(O)c1CC(C)O. The Kier molecular flexibility index (Phi) is 3.24. The Bertz CT molecular complexity index is 321. The van der Waals surface area contributed by atoms with E-state index in [1.54, 1.807) is 13.8 Å². The van der Waals surface area contributed by atoms with E-state index in [-0.39, 0.29) is 17.9 Å². The summed E-state index contributed by atoms with van der Waals surface area (Å²) >= 11 is 5.82. The van der Waals surface area contributed by atoms with Crippen LogP contribution < -0.4 is 0 Å². The fourth-order valence-electron chi connectivity index (χ4n) is 1.32. The van der Waals surface area contributed by atoms with Gasteiger partial charge in [-0.15, -0.1) is 0 Å². The summed E-state index contributed by atoms with van der Waals surface area (Å²) in [5.74, 6) is -0.455. The van der Waals surface area contributed by atoms with Crippen molar-refractivity contribution in [2.24, 2.45) is 0 Å². The third-order valence-electron chi connectivity index (χ3n) is 2.10. The van der Waals surface area contributed by atoms with Crippen molar-refractivity contribution in [1.29, 1.82) is 0 Å². The highest BCUT2D eigenvalue weighted by atomic mass is 35.5. The summed E-state index contributed by atoms with van der Waals surface area (Å²) in [4.78, 5) is 0. The van der Waals surface area contributed by atoms with Gasteiger partial charge in [0.05, 0.1) is 6.10 Å². The van der Waals surface area contributed by atoms with Gasteiger partial charge < -0.3 is 15.3 Å². The standard InChI is InChI=1S/C10H13ClO3/c1-5(12)3-7-6(2)8(11)4-9(13)10(7)14/h4-5,12-14H,3H2,1-2H3. The van der Waals surface area contributed by atoms with Gasteiger partial charge in [-0.1, -0.05) is 11.6 Å². The van der Waals surface area contributed by atoms with E-state index in [0.29, 0.717) is 16.1 Å². The van der Waals surface area contributed by atoms with Crippen molar-refractivity contribution in [3.8, 4) is 11.5 Å². The molecule has 3 N–H and O–H groups in total. The van der Waals surface area contributed by atoms with Crippen molar-refractivity contribution < 1.29 is 15.3 Å². The number of aromatic hydroxyl groups is 2. The summed E-state index contributed by atoms with van der Waals surface area (Å²) < 4.78 is 0. The average Bonchev–Trinajstić information content (AvgIpc) is 2.09. The lowest BCUT2D eigenvalue weighted by Crippen LogP contribution is -2.06. The molecule has 78 valence electrons. The minimum absolute atomic E-state index is 0.201. The zero-order chi connectivity index (χ0) is 10.9. The van der Waals surface area contributed by atoms with Gasteiger partial charge in [0.15, 0.2) is 11.5 Å². The second-order valence-corrected chi connectivity index (χ2v) is 3.79. The van der Waals surface area contributed by atoms with Crippen LogP contribution in [0.25, 0.3) is 0 Å². The summed E-state index contributed by atoms with van der Waals surface area (Å²) in [7, 11) is 0. The second-order valence-electron chi connectivity index (χ2n) is 3.38. The minimum atomic E-state index is -0.586. The first-order chi connectivity index (χ1) is 6.43. The maximum atomic E-state index is 9.53. The first-order valence-corrected chi connectivity index (χ1v) is 4.69. The third-order valence-corrected chi connectivity index (χ3v) is 2.49. The van der Waals surface area contributed by atoms with Crippen LogP contribution in [0.15, 0.2) is 6.07 Å². The molecule has 0 amide bonds. The summed E-state index contributed by atoms with van der Waals surface area (Å²) in [6.07, 6.45) is -0.316. The van der Waals surface area contributed by atoms with Crippen molar-refractivity contribution in [2.45, 2.75) is 26.4 Å².